The number of rotatable bonds is 2. The minimum atomic E-state index is 0.364. The maximum atomic E-state index is 3.81. The van der Waals surface area contributed by atoms with Gasteiger partial charge in [0.2, 0.25) is 0 Å². The summed E-state index contributed by atoms with van der Waals surface area (Å²) in [5, 5.41) is 3.81. The number of nitrogens with one attached hydrogen (secondary N) is 1. The zero-order chi connectivity index (χ0) is 14.9. The maximum absolute atomic E-state index is 3.81. The lowest BCUT2D eigenvalue weighted by Gasteiger charge is -2.50. The lowest BCUT2D eigenvalue weighted by Crippen LogP contribution is -2.63. The van der Waals surface area contributed by atoms with Crippen molar-refractivity contribution in [3.63, 3.8) is 0 Å². The summed E-state index contributed by atoms with van der Waals surface area (Å²) in [6.07, 6.45) is 5.54. The van der Waals surface area contributed by atoms with Crippen molar-refractivity contribution in [1.29, 1.82) is 0 Å². The first kappa shape index (κ1) is 16.3. The molecule has 0 bridgehead atoms. The molecule has 2 fully saturated rings. The molecule has 0 spiro atoms. The van der Waals surface area contributed by atoms with E-state index in [0.29, 0.717) is 11.5 Å². The van der Waals surface area contributed by atoms with Crippen LogP contribution in [0.1, 0.15) is 67.2 Å². The second kappa shape index (κ2) is 6.36. The molecular weight excluding hydrogens is 244 g/mol. The van der Waals surface area contributed by atoms with Gasteiger partial charge in [-0.05, 0) is 42.9 Å². The van der Waals surface area contributed by atoms with Gasteiger partial charge >= 0.3 is 0 Å². The third-order valence-corrected chi connectivity index (χ3v) is 5.60. The second-order valence-corrected chi connectivity index (χ2v) is 8.66. The molecule has 0 aromatic rings. The van der Waals surface area contributed by atoms with Crippen LogP contribution in [0.4, 0.5) is 0 Å². The number of hydrogen-bond acceptors (Lipinski definition) is 2. The van der Waals surface area contributed by atoms with Crippen LogP contribution in [-0.4, -0.2) is 36.1 Å². The molecule has 0 aromatic heterocycles. The molecule has 4 atom stereocenters. The van der Waals surface area contributed by atoms with Crippen molar-refractivity contribution in [2.75, 3.05) is 13.1 Å². The first-order chi connectivity index (χ1) is 9.31. The van der Waals surface area contributed by atoms with Crippen LogP contribution in [0.2, 0.25) is 0 Å². The van der Waals surface area contributed by atoms with Crippen LogP contribution in [0.25, 0.3) is 0 Å². The molecule has 0 amide bonds. The minimum absolute atomic E-state index is 0.364. The zero-order valence-electron chi connectivity index (χ0n) is 14.6. The highest BCUT2D eigenvalue weighted by molar-refractivity contribution is 4.95. The Morgan fingerprint density at radius 2 is 1.65 bits per heavy atom. The first-order valence-electron chi connectivity index (χ1n) is 8.80. The van der Waals surface area contributed by atoms with Crippen molar-refractivity contribution in [2.45, 2.75) is 85.4 Å². The molecule has 1 N–H and O–H groups in total. The van der Waals surface area contributed by atoms with Gasteiger partial charge in [-0.2, -0.15) is 0 Å². The van der Waals surface area contributed by atoms with Crippen LogP contribution in [-0.2, 0) is 0 Å². The normalized spacial score (nSPS) is 40.8. The van der Waals surface area contributed by atoms with Gasteiger partial charge in [0.25, 0.3) is 0 Å². The molecule has 2 aliphatic rings. The van der Waals surface area contributed by atoms with Crippen LogP contribution >= 0.6 is 0 Å². The van der Waals surface area contributed by atoms with Gasteiger partial charge in [0.1, 0.15) is 0 Å². The van der Waals surface area contributed by atoms with Gasteiger partial charge < -0.3 is 5.32 Å². The van der Waals surface area contributed by atoms with Crippen LogP contribution in [0.3, 0.4) is 0 Å². The van der Waals surface area contributed by atoms with Gasteiger partial charge in [-0.3, -0.25) is 4.90 Å². The molecule has 1 aliphatic carbocycles. The van der Waals surface area contributed by atoms with Crippen molar-refractivity contribution in [1.82, 2.24) is 10.2 Å². The van der Waals surface area contributed by atoms with Crippen molar-refractivity contribution < 1.29 is 0 Å². The third-order valence-electron chi connectivity index (χ3n) is 5.60. The Kier molecular flexibility index (Phi) is 5.18. The molecule has 118 valence electrons. The smallest absolute Gasteiger partial charge is 0.0244 e. The topological polar surface area (TPSA) is 15.3 Å². The fourth-order valence-electron chi connectivity index (χ4n) is 4.40. The minimum Gasteiger partial charge on any atom is -0.311 e. The molecule has 1 aliphatic heterocycles. The largest absolute Gasteiger partial charge is 0.311 e. The molecule has 1 saturated carbocycles. The molecule has 1 saturated heterocycles. The highest BCUT2D eigenvalue weighted by Gasteiger charge is 2.38. The zero-order valence-corrected chi connectivity index (χ0v) is 14.6. The Morgan fingerprint density at radius 3 is 2.15 bits per heavy atom. The summed E-state index contributed by atoms with van der Waals surface area (Å²) in [6, 6.07) is 2.21. The summed E-state index contributed by atoms with van der Waals surface area (Å²) in [5.74, 6) is 1.81. The van der Waals surface area contributed by atoms with Crippen molar-refractivity contribution >= 4 is 0 Å². The van der Waals surface area contributed by atoms with Crippen molar-refractivity contribution in [3.8, 4) is 0 Å². The molecule has 2 rings (SSSR count). The SMILES string of the molecule is CCC1CNC(C(C)(C)C)CN1C1CC(C)CC(C)C1. The Labute approximate surface area is 126 Å². The summed E-state index contributed by atoms with van der Waals surface area (Å²) < 4.78 is 0. The van der Waals surface area contributed by atoms with E-state index >= 15 is 0 Å². The highest BCUT2D eigenvalue weighted by Crippen LogP contribution is 2.35. The standard InChI is InChI=1S/C18H36N2/c1-7-15-11-19-17(18(4,5)6)12-20(15)16-9-13(2)8-14(3)10-16/h13-17,19H,7-12H2,1-6H3. The summed E-state index contributed by atoms with van der Waals surface area (Å²) in [7, 11) is 0. The van der Waals surface area contributed by atoms with E-state index in [9.17, 15) is 0 Å². The fourth-order valence-corrected chi connectivity index (χ4v) is 4.40. The molecular formula is C18H36N2. The van der Waals surface area contributed by atoms with E-state index in [-0.39, 0.29) is 0 Å². The molecule has 20 heavy (non-hydrogen) atoms. The average molecular weight is 280 g/mol. The molecule has 2 nitrogen and oxygen atoms in total. The quantitative estimate of drug-likeness (QED) is 0.825. The van der Waals surface area contributed by atoms with Crippen LogP contribution < -0.4 is 5.32 Å². The third kappa shape index (κ3) is 3.76. The predicted molar refractivity (Wildman–Crippen MR) is 88.0 cm³/mol. The van der Waals surface area contributed by atoms with Gasteiger partial charge in [-0.15, -0.1) is 0 Å². The lowest BCUT2D eigenvalue weighted by molar-refractivity contribution is 0.0162. The van der Waals surface area contributed by atoms with E-state index in [1.165, 1.54) is 38.8 Å². The van der Waals surface area contributed by atoms with Gasteiger partial charge in [-0.25, -0.2) is 0 Å². The lowest BCUT2D eigenvalue weighted by atomic mass is 9.77. The monoisotopic (exact) mass is 280 g/mol. The Balaban J connectivity index is 2.08. The summed E-state index contributed by atoms with van der Waals surface area (Å²) in [4.78, 5) is 2.87. The van der Waals surface area contributed by atoms with Crippen LogP contribution in [0.5, 0.6) is 0 Å². The molecule has 0 radical (unpaired) electrons. The van der Waals surface area contributed by atoms with Gasteiger partial charge in [-0.1, -0.05) is 41.5 Å². The van der Waals surface area contributed by atoms with Crippen molar-refractivity contribution in [3.05, 3.63) is 0 Å². The Hall–Kier alpha value is -0.0800. The highest BCUT2D eigenvalue weighted by atomic mass is 15.3. The van der Waals surface area contributed by atoms with E-state index in [4.69, 9.17) is 0 Å². The average Bonchev–Trinajstić information content (AvgIpc) is 2.35. The molecule has 1 heterocycles. The summed E-state index contributed by atoms with van der Waals surface area (Å²) in [6.45, 7) is 16.8. The second-order valence-electron chi connectivity index (χ2n) is 8.66. The summed E-state index contributed by atoms with van der Waals surface area (Å²) in [5.41, 5.74) is 0.364. The molecule has 0 aromatic carbocycles. The molecule has 2 heteroatoms. The first-order valence-corrected chi connectivity index (χ1v) is 8.80. The van der Waals surface area contributed by atoms with E-state index in [0.717, 1.165) is 23.9 Å². The Bertz CT molecular complexity index is 297. The maximum Gasteiger partial charge on any atom is 0.0244 e. The fraction of sp³-hybridized carbons (Fsp3) is 1.00. The number of nitrogens with zero attached hydrogens (tertiary/aromatic N) is 1. The van der Waals surface area contributed by atoms with E-state index in [1.54, 1.807) is 0 Å². The van der Waals surface area contributed by atoms with Gasteiger partial charge in [0, 0.05) is 31.2 Å². The van der Waals surface area contributed by atoms with Crippen LogP contribution in [0.15, 0.2) is 0 Å². The van der Waals surface area contributed by atoms with Gasteiger partial charge in [0.05, 0.1) is 0 Å². The van der Waals surface area contributed by atoms with Gasteiger partial charge in [0.15, 0.2) is 0 Å². The van der Waals surface area contributed by atoms with E-state index < -0.39 is 0 Å². The van der Waals surface area contributed by atoms with Crippen LogP contribution in [0, 0.1) is 17.3 Å². The van der Waals surface area contributed by atoms with E-state index in [1.807, 2.05) is 0 Å². The van der Waals surface area contributed by atoms with E-state index in [2.05, 4.69) is 51.8 Å². The summed E-state index contributed by atoms with van der Waals surface area (Å²) >= 11 is 0. The van der Waals surface area contributed by atoms with Crippen molar-refractivity contribution in [2.24, 2.45) is 17.3 Å². The molecule has 4 unspecified atom stereocenters. The number of hydrogen-bond donors (Lipinski definition) is 1. The number of piperazine rings is 1. The Morgan fingerprint density at radius 1 is 1.05 bits per heavy atom. The predicted octanol–water partition coefficient (Wildman–Crippen LogP) is 3.91.